The molecule has 0 rings (SSSR count). The number of aliphatic hydroxyl groups excluding tert-OH is 2. The van der Waals surface area contributed by atoms with Gasteiger partial charge in [-0.3, -0.25) is 9.59 Å². The molecule has 160 valence electrons. The second-order valence-corrected chi connectivity index (χ2v) is 6.26. The number of esters is 2. The fourth-order valence-corrected chi connectivity index (χ4v) is 1.97. The van der Waals surface area contributed by atoms with E-state index in [4.69, 9.17) is 10.8 Å². The summed E-state index contributed by atoms with van der Waals surface area (Å²) in [5.74, 6) is -1.43. The third-order valence-corrected chi connectivity index (χ3v) is 3.75. The van der Waals surface area contributed by atoms with Crippen LogP contribution in [-0.4, -0.2) is 66.6 Å². The van der Waals surface area contributed by atoms with Crippen LogP contribution in [0.5, 0.6) is 0 Å². The van der Waals surface area contributed by atoms with Crippen LogP contribution in [0, 0.1) is 0 Å². The molecule has 0 saturated heterocycles. The Bertz CT molecular complexity index is 428. The number of carbonyl (C=O) groups is 3. The van der Waals surface area contributed by atoms with E-state index in [1.54, 1.807) is 0 Å². The number of carbonyl (C=O) groups excluding carboxylic acids is 3. The molecule has 0 heterocycles. The quantitative estimate of drug-likeness (QED) is 0.289. The van der Waals surface area contributed by atoms with Gasteiger partial charge in [0.15, 0.2) is 6.04 Å². The zero-order chi connectivity index (χ0) is 21.4. The predicted octanol–water partition coefficient (Wildman–Crippen LogP) is 0.253. The minimum atomic E-state index is -0.974. The maximum absolute atomic E-state index is 11.6. The van der Waals surface area contributed by atoms with Crippen LogP contribution < -0.4 is 11.1 Å². The molecule has 0 aromatic rings. The standard InChI is InChI=1S/C13H25NO4.C5H11NO3/c1-4-5-6-7-8-9-11(16)14-12(10(2)15)13(17)18-3;1-3(7)4(6)5(8)9-2/h10,12,15H,4-9H2,1-3H3,(H,14,16);3-4,7H,6H2,1-2H3/t10-,12+;3-,4+/m11/s1. The van der Waals surface area contributed by atoms with Gasteiger partial charge in [0.05, 0.1) is 26.4 Å². The Morgan fingerprint density at radius 2 is 1.44 bits per heavy atom. The molecule has 27 heavy (non-hydrogen) atoms. The number of amides is 1. The summed E-state index contributed by atoms with van der Waals surface area (Å²) in [6.45, 7) is 5.01. The van der Waals surface area contributed by atoms with E-state index in [9.17, 15) is 19.5 Å². The summed E-state index contributed by atoms with van der Waals surface area (Å²) in [6, 6.07) is -1.90. The molecule has 9 heteroatoms. The van der Waals surface area contributed by atoms with Crippen LogP contribution in [0.25, 0.3) is 0 Å². The number of methoxy groups -OCH3 is 2. The van der Waals surface area contributed by atoms with E-state index in [1.165, 1.54) is 40.9 Å². The maximum atomic E-state index is 11.6. The van der Waals surface area contributed by atoms with E-state index < -0.39 is 36.2 Å². The third kappa shape index (κ3) is 14.1. The average molecular weight is 392 g/mol. The minimum absolute atomic E-state index is 0.220. The number of hydrogen-bond acceptors (Lipinski definition) is 8. The van der Waals surface area contributed by atoms with Crippen LogP contribution in [0.2, 0.25) is 0 Å². The highest BCUT2D eigenvalue weighted by atomic mass is 16.5. The number of aliphatic hydroxyl groups is 2. The lowest BCUT2D eigenvalue weighted by molar-refractivity contribution is -0.148. The van der Waals surface area contributed by atoms with Crippen LogP contribution in [-0.2, 0) is 23.9 Å². The summed E-state index contributed by atoms with van der Waals surface area (Å²) in [6.07, 6.45) is 3.86. The second kappa shape index (κ2) is 16.5. The van der Waals surface area contributed by atoms with Crippen molar-refractivity contribution in [1.29, 1.82) is 0 Å². The molecule has 0 aliphatic heterocycles. The average Bonchev–Trinajstić information content (AvgIpc) is 2.64. The molecular formula is C18H36N2O7. The first kappa shape index (κ1) is 27.5. The van der Waals surface area contributed by atoms with E-state index in [0.29, 0.717) is 6.42 Å². The molecule has 0 bridgehead atoms. The van der Waals surface area contributed by atoms with Crippen molar-refractivity contribution >= 4 is 17.8 Å². The number of hydrogen-bond donors (Lipinski definition) is 4. The highest BCUT2D eigenvalue weighted by molar-refractivity contribution is 5.84. The number of rotatable bonds is 11. The van der Waals surface area contributed by atoms with Crippen molar-refractivity contribution in [2.75, 3.05) is 14.2 Å². The van der Waals surface area contributed by atoms with Gasteiger partial charge in [-0.05, 0) is 20.3 Å². The van der Waals surface area contributed by atoms with Gasteiger partial charge < -0.3 is 30.7 Å². The summed E-state index contributed by atoms with van der Waals surface area (Å²) >= 11 is 0. The minimum Gasteiger partial charge on any atom is -0.468 e. The first-order valence-corrected chi connectivity index (χ1v) is 9.18. The molecule has 0 spiro atoms. The van der Waals surface area contributed by atoms with Crippen molar-refractivity contribution in [2.24, 2.45) is 5.73 Å². The Morgan fingerprint density at radius 1 is 0.926 bits per heavy atom. The lowest BCUT2D eigenvalue weighted by Crippen LogP contribution is -2.48. The maximum Gasteiger partial charge on any atom is 0.331 e. The number of unbranched alkanes of at least 4 members (excludes halogenated alkanes) is 4. The third-order valence-electron chi connectivity index (χ3n) is 3.75. The van der Waals surface area contributed by atoms with Gasteiger partial charge in [0.1, 0.15) is 6.04 Å². The monoisotopic (exact) mass is 392 g/mol. The Morgan fingerprint density at radius 3 is 1.81 bits per heavy atom. The first-order valence-electron chi connectivity index (χ1n) is 9.18. The highest BCUT2D eigenvalue weighted by Gasteiger charge is 2.25. The molecule has 0 unspecified atom stereocenters. The Kier molecular flexibility index (Phi) is 16.8. The molecule has 0 saturated carbocycles. The topological polar surface area (TPSA) is 148 Å². The van der Waals surface area contributed by atoms with Crippen molar-refractivity contribution in [3.8, 4) is 0 Å². The van der Waals surface area contributed by atoms with Crippen LogP contribution in [0.3, 0.4) is 0 Å². The predicted molar refractivity (Wildman–Crippen MR) is 101 cm³/mol. The SMILES string of the molecule is CCCCCCCC(=O)N[C@H](C(=O)OC)[C@@H](C)O.COC(=O)[C@@H](N)[C@@H](C)O. The lowest BCUT2D eigenvalue weighted by Gasteiger charge is -2.18. The van der Waals surface area contributed by atoms with Gasteiger partial charge in [0.2, 0.25) is 5.91 Å². The molecule has 1 amide bonds. The second-order valence-electron chi connectivity index (χ2n) is 6.26. The highest BCUT2D eigenvalue weighted by Crippen LogP contribution is 2.05. The van der Waals surface area contributed by atoms with Gasteiger partial charge in [0.25, 0.3) is 0 Å². The zero-order valence-electron chi connectivity index (χ0n) is 17.1. The van der Waals surface area contributed by atoms with Crippen molar-refractivity contribution < 1.29 is 34.1 Å². The Balaban J connectivity index is 0. The van der Waals surface area contributed by atoms with Gasteiger partial charge in [-0.15, -0.1) is 0 Å². The van der Waals surface area contributed by atoms with Crippen LogP contribution >= 0.6 is 0 Å². The summed E-state index contributed by atoms with van der Waals surface area (Å²) < 4.78 is 8.77. The largest absolute Gasteiger partial charge is 0.468 e. The molecule has 0 radical (unpaired) electrons. The molecule has 0 aromatic heterocycles. The molecule has 9 nitrogen and oxygen atoms in total. The molecular weight excluding hydrogens is 356 g/mol. The molecule has 0 fully saturated rings. The normalized spacial score (nSPS) is 14.7. The fourth-order valence-electron chi connectivity index (χ4n) is 1.97. The molecule has 4 atom stereocenters. The van der Waals surface area contributed by atoms with Gasteiger partial charge >= 0.3 is 11.9 Å². The van der Waals surface area contributed by atoms with Crippen molar-refractivity contribution in [1.82, 2.24) is 5.32 Å². The summed E-state index contributed by atoms with van der Waals surface area (Å²) in [5, 5.41) is 20.6. The fraction of sp³-hybridized carbons (Fsp3) is 0.833. The van der Waals surface area contributed by atoms with E-state index in [0.717, 1.165) is 19.3 Å². The van der Waals surface area contributed by atoms with Gasteiger partial charge in [0, 0.05) is 6.42 Å². The molecule has 5 N–H and O–H groups in total. The lowest BCUT2D eigenvalue weighted by atomic mass is 10.1. The van der Waals surface area contributed by atoms with E-state index >= 15 is 0 Å². The number of ether oxygens (including phenoxy) is 2. The van der Waals surface area contributed by atoms with E-state index in [1.807, 2.05) is 0 Å². The molecule has 0 aliphatic rings. The smallest absolute Gasteiger partial charge is 0.331 e. The van der Waals surface area contributed by atoms with Gasteiger partial charge in [-0.25, -0.2) is 4.79 Å². The zero-order valence-corrected chi connectivity index (χ0v) is 17.1. The van der Waals surface area contributed by atoms with E-state index in [2.05, 4.69) is 21.7 Å². The van der Waals surface area contributed by atoms with Crippen LogP contribution in [0.15, 0.2) is 0 Å². The summed E-state index contributed by atoms with van der Waals surface area (Å²) in [7, 11) is 2.46. The summed E-state index contributed by atoms with van der Waals surface area (Å²) in [4.78, 5) is 33.3. The summed E-state index contributed by atoms with van der Waals surface area (Å²) in [5.41, 5.74) is 5.15. The number of nitrogens with two attached hydrogens (primary N) is 1. The Hall–Kier alpha value is -1.71. The van der Waals surface area contributed by atoms with E-state index in [-0.39, 0.29) is 5.91 Å². The van der Waals surface area contributed by atoms with Crippen LogP contribution in [0.1, 0.15) is 59.3 Å². The van der Waals surface area contributed by atoms with Crippen molar-refractivity contribution in [3.63, 3.8) is 0 Å². The first-order chi connectivity index (χ1) is 12.6. The van der Waals surface area contributed by atoms with Crippen LogP contribution in [0.4, 0.5) is 0 Å². The Labute approximate surface area is 161 Å². The van der Waals surface area contributed by atoms with Crippen molar-refractivity contribution in [2.45, 2.75) is 83.6 Å². The van der Waals surface area contributed by atoms with Gasteiger partial charge in [-0.2, -0.15) is 0 Å². The molecule has 0 aliphatic carbocycles. The number of nitrogens with one attached hydrogen (secondary N) is 1. The van der Waals surface area contributed by atoms with Crippen molar-refractivity contribution in [3.05, 3.63) is 0 Å². The molecule has 0 aromatic carbocycles. The van der Waals surface area contributed by atoms with Gasteiger partial charge in [-0.1, -0.05) is 32.6 Å².